The summed E-state index contributed by atoms with van der Waals surface area (Å²) in [6, 6.07) is 9.39. The number of carboxylic acids is 1. The van der Waals surface area contributed by atoms with Crippen LogP contribution >= 0.6 is 27.5 Å². The summed E-state index contributed by atoms with van der Waals surface area (Å²) in [6.07, 6.45) is 0. The van der Waals surface area contributed by atoms with Crippen LogP contribution in [0.25, 0.3) is 0 Å². The number of hydrogen-bond acceptors (Lipinski definition) is 2. The standard InChI is InChI=1S/C12H10BrClN2O2.Ag/c1-7(8-5-3-2-4-6-8)16-9(11(17)18)10(14)15-12(16)13;/h2-7H,1H3,(H,17,18);. The van der Waals surface area contributed by atoms with E-state index in [-0.39, 0.29) is 39.3 Å². The Morgan fingerprint density at radius 2 is 2.00 bits per heavy atom. The molecule has 105 valence electrons. The van der Waals surface area contributed by atoms with Crippen molar-refractivity contribution in [1.29, 1.82) is 0 Å². The molecule has 1 unspecified atom stereocenters. The van der Waals surface area contributed by atoms with E-state index in [1.807, 2.05) is 37.3 Å². The molecule has 0 saturated carbocycles. The fourth-order valence-electron chi connectivity index (χ4n) is 1.80. The SMILES string of the molecule is CC(c1ccccc1)n1c(Br)nc(Cl)c1C(=O)O.[Ag]. The van der Waals surface area contributed by atoms with Crippen LogP contribution in [-0.2, 0) is 22.4 Å². The summed E-state index contributed by atoms with van der Waals surface area (Å²) in [5.74, 6) is -1.10. The molecule has 0 aliphatic carbocycles. The van der Waals surface area contributed by atoms with E-state index in [0.717, 1.165) is 5.56 Å². The number of benzene rings is 1. The molecule has 0 bridgehead atoms. The van der Waals surface area contributed by atoms with Gasteiger partial charge in [0.05, 0.1) is 6.04 Å². The van der Waals surface area contributed by atoms with Crippen LogP contribution in [0.2, 0.25) is 5.15 Å². The molecule has 0 fully saturated rings. The van der Waals surface area contributed by atoms with Crippen LogP contribution in [0.5, 0.6) is 0 Å². The molecule has 0 amide bonds. The van der Waals surface area contributed by atoms with E-state index in [1.54, 1.807) is 4.57 Å². The molecule has 1 N–H and O–H groups in total. The summed E-state index contributed by atoms with van der Waals surface area (Å²) < 4.78 is 1.96. The second-order valence-corrected chi connectivity index (χ2v) is 4.85. The van der Waals surface area contributed by atoms with Crippen molar-refractivity contribution in [1.82, 2.24) is 9.55 Å². The van der Waals surface area contributed by atoms with Gasteiger partial charge in [0.15, 0.2) is 15.6 Å². The van der Waals surface area contributed by atoms with Crippen molar-refractivity contribution in [3.8, 4) is 0 Å². The molecule has 1 atom stereocenters. The molecular formula is C12H10AgBrClN2O2. The van der Waals surface area contributed by atoms with E-state index in [2.05, 4.69) is 20.9 Å². The summed E-state index contributed by atoms with van der Waals surface area (Å²) in [7, 11) is 0. The Morgan fingerprint density at radius 1 is 1.42 bits per heavy atom. The minimum absolute atomic E-state index is 0. The summed E-state index contributed by atoms with van der Waals surface area (Å²) in [5.41, 5.74) is 0.967. The zero-order chi connectivity index (χ0) is 13.3. The number of aromatic carboxylic acids is 1. The van der Waals surface area contributed by atoms with Crippen LogP contribution in [0.4, 0.5) is 0 Å². The van der Waals surface area contributed by atoms with Crippen molar-refractivity contribution in [2.75, 3.05) is 0 Å². The van der Waals surface area contributed by atoms with E-state index in [1.165, 1.54) is 0 Å². The Hall–Kier alpha value is -0.590. The first kappa shape index (κ1) is 16.5. The third-order valence-corrected chi connectivity index (χ3v) is 3.52. The van der Waals surface area contributed by atoms with Crippen molar-refractivity contribution >= 4 is 33.5 Å². The van der Waals surface area contributed by atoms with Gasteiger partial charge in [0.25, 0.3) is 0 Å². The summed E-state index contributed by atoms with van der Waals surface area (Å²) in [6.45, 7) is 1.89. The maximum Gasteiger partial charge on any atom is 0.355 e. The topological polar surface area (TPSA) is 55.1 Å². The van der Waals surface area contributed by atoms with Crippen LogP contribution in [0.15, 0.2) is 35.1 Å². The molecule has 0 aliphatic heterocycles. The zero-order valence-corrected chi connectivity index (χ0v) is 13.6. The fourth-order valence-corrected chi connectivity index (χ4v) is 2.82. The number of aromatic nitrogens is 2. The molecule has 1 aromatic heterocycles. The van der Waals surface area contributed by atoms with Crippen LogP contribution in [0.3, 0.4) is 0 Å². The Balaban J connectivity index is 0.00000180. The molecule has 2 aromatic rings. The minimum atomic E-state index is -1.10. The number of halogens is 2. The molecule has 0 aliphatic rings. The molecule has 19 heavy (non-hydrogen) atoms. The Bertz CT molecular complexity index is 589. The number of carboxylic acid groups (broad SMARTS) is 1. The molecule has 1 aromatic carbocycles. The number of nitrogens with zero attached hydrogens (tertiary/aromatic N) is 2. The van der Waals surface area contributed by atoms with Crippen molar-refractivity contribution < 1.29 is 32.3 Å². The largest absolute Gasteiger partial charge is 0.476 e. The minimum Gasteiger partial charge on any atom is -0.476 e. The molecule has 0 spiro atoms. The molecule has 4 nitrogen and oxygen atoms in total. The van der Waals surface area contributed by atoms with E-state index in [4.69, 9.17) is 11.6 Å². The number of imidazole rings is 1. The Kier molecular flexibility index (Phi) is 5.82. The monoisotopic (exact) mass is 435 g/mol. The van der Waals surface area contributed by atoms with Crippen LogP contribution in [-0.4, -0.2) is 20.6 Å². The Morgan fingerprint density at radius 3 is 2.53 bits per heavy atom. The van der Waals surface area contributed by atoms with Crippen molar-refractivity contribution in [3.05, 3.63) is 51.5 Å². The van der Waals surface area contributed by atoms with Gasteiger partial charge in [-0.05, 0) is 28.4 Å². The smallest absolute Gasteiger partial charge is 0.355 e. The predicted molar refractivity (Wildman–Crippen MR) is 72.2 cm³/mol. The second kappa shape index (κ2) is 6.72. The van der Waals surface area contributed by atoms with Gasteiger partial charge in [-0.3, -0.25) is 0 Å². The number of hydrogen-bond donors (Lipinski definition) is 1. The van der Waals surface area contributed by atoms with Gasteiger partial charge in [-0.25, -0.2) is 9.78 Å². The van der Waals surface area contributed by atoms with E-state index < -0.39 is 5.97 Å². The van der Waals surface area contributed by atoms with Crippen LogP contribution < -0.4 is 0 Å². The molecule has 1 heterocycles. The van der Waals surface area contributed by atoms with Gasteiger partial charge in [-0.1, -0.05) is 41.9 Å². The molecule has 0 saturated heterocycles. The molecular weight excluding hydrogens is 427 g/mol. The van der Waals surface area contributed by atoms with Gasteiger partial charge in [-0.2, -0.15) is 0 Å². The average Bonchev–Trinajstić information content (AvgIpc) is 2.64. The third-order valence-electron chi connectivity index (χ3n) is 2.70. The second-order valence-electron chi connectivity index (χ2n) is 3.78. The van der Waals surface area contributed by atoms with Crippen molar-refractivity contribution in [2.45, 2.75) is 13.0 Å². The van der Waals surface area contributed by atoms with Crippen LogP contribution in [0.1, 0.15) is 29.0 Å². The summed E-state index contributed by atoms with van der Waals surface area (Å²) in [4.78, 5) is 15.2. The first-order chi connectivity index (χ1) is 8.52. The Labute approximate surface area is 139 Å². The van der Waals surface area contributed by atoms with Crippen molar-refractivity contribution in [2.24, 2.45) is 0 Å². The number of rotatable bonds is 3. The normalized spacial score (nSPS) is 11.7. The first-order valence-corrected chi connectivity index (χ1v) is 6.41. The number of carbonyl (C=O) groups is 1. The summed E-state index contributed by atoms with van der Waals surface area (Å²) >= 11 is 9.07. The van der Waals surface area contributed by atoms with Crippen LogP contribution in [0, 0.1) is 0 Å². The van der Waals surface area contributed by atoms with Gasteiger partial charge < -0.3 is 9.67 Å². The van der Waals surface area contributed by atoms with Gasteiger partial charge in [0, 0.05) is 22.4 Å². The van der Waals surface area contributed by atoms with E-state index in [9.17, 15) is 9.90 Å². The third kappa shape index (κ3) is 3.30. The summed E-state index contributed by atoms with van der Waals surface area (Å²) in [5, 5.41) is 9.17. The quantitative estimate of drug-likeness (QED) is 0.747. The maximum absolute atomic E-state index is 11.2. The van der Waals surface area contributed by atoms with Crippen molar-refractivity contribution in [3.63, 3.8) is 0 Å². The zero-order valence-electron chi connectivity index (χ0n) is 9.77. The van der Waals surface area contributed by atoms with Gasteiger partial charge >= 0.3 is 5.97 Å². The first-order valence-electron chi connectivity index (χ1n) is 5.24. The van der Waals surface area contributed by atoms with Gasteiger partial charge in [0.1, 0.15) is 0 Å². The predicted octanol–water partition coefficient (Wildman–Crippen LogP) is 3.60. The van der Waals surface area contributed by atoms with E-state index in [0.29, 0.717) is 4.73 Å². The molecule has 7 heteroatoms. The van der Waals surface area contributed by atoms with Gasteiger partial charge in [-0.15, -0.1) is 0 Å². The van der Waals surface area contributed by atoms with E-state index >= 15 is 0 Å². The van der Waals surface area contributed by atoms with Gasteiger partial charge in [0.2, 0.25) is 0 Å². The maximum atomic E-state index is 11.2. The fraction of sp³-hybridized carbons (Fsp3) is 0.167. The molecule has 2 rings (SSSR count). The average molecular weight is 437 g/mol. The molecule has 1 radical (unpaired) electrons.